The largest absolute Gasteiger partial charge is 0.396 e. The Bertz CT molecular complexity index is 896. The van der Waals surface area contributed by atoms with Gasteiger partial charge in [0.15, 0.2) is 0 Å². The number of rotatable bonds is 9. The molecule has 0 bridgehead atoms. The van der Waals surface area contributed by atoms with Crippen molar-refractivity contribution >= 4 is 39.2 Å². The number of thiophene rings is 1. The van der Waals surface area contributed by atoms with Crippen molar-refractivity contribution in [3.63, 3.8) is 0 Å². The predicted octanol–water partition coefficient (Wildman–Crippen LogP) is 2.17. The third-order valence-corrected chi connectivity index (χ3v) is 6.36. The van der Waals surface area contributed by atoms with Gasteiger partial charge in [-0.15, -0.1) is 11.3 Å². The highest BCUT2D eigenvalue weighted by atomic mass is 32.1. The molecule has 0 saturated carbocycles. The van der Waals surface area contributed by atoms with Gasteiger partial charge in [0.2, 0.25) is 5.91 Å². The van der Waals surface area contributed by atoms with Crippen LogP contribution < -0.4 is 10.6 Å². The average molecular weight is 420 g/mol. The van der Waals surface area contributed by atoms with E-state index in [2.05, 4.69) is 20.6 Å². The summed E-state index contributed by atoms with van der Waals surface area (Å²) in [5, 5.41) is 16.5. The lowest BCUT2D eigenvalue weighted by atomic mass is 9.95. The van der Waals surface area contributed by atoms with Crippen LogP contribution in [0.25, 0.3) is 10.2 Å². The second-order valence-electron chi connectivity index (χ2n) is 8.23. The summed E-state index contributed by atoms with van der Waals surface area (Å²) < 4.78 is 0. The number of hydrogen-bond acceptors (Lipinski definition) is 7. The summed E-state index contributed by atoms with van der Waals surface area (Å²) in [5.41, 5.74) is 0.478. The molecule has 29 heavy (non-hydrogen) atoms. The van der Waals surface area contributed by atoms with Crippen molar-refractivity contribution in [3.8, 4) is 0 Å². The third-order valence-electron chi connectivity index (χ3n) is 5.16. The molecule has 1 fully saturated rings. The van der Waals surface area contributed by atoms with Crippen LogP contribution in [0.4, 0.5) is 5.82 Å². The van der Waals surface area contributed by atoms with Gasteiger partial charge in [0.05, 0.1) is 10.3 Å². The molecule has 0 unspecified atom stereocenters. The van der Waals surface area contributed by atoms with E-state index in [1.165, 1.54) is 17.7 Å². The molecule has 0 aromatic carbocycles. The first-order chi connectivity index (χ1) is 13.8. The van der Waals surface area contributed by atoms with Crippen molar-refractivity contribution in [3.05, 3.63) is 16.8 Å². The maximum atomic E-state index is 12.7. The number of carbonyl (C=O) groups excluding carboxylic acids is 2. The van der Waals surface area contributed by atoms with Crippen molar-refractivity contribution in [2.75, 3.05) is 38.1 Å². The first-order valence-corrected chi connectivity index (χ1v) is 10.8. The monoisotopic (exact) mass is 419 g/mol. The Balaban J connectivity index is 1.66. The number of hydrogen-bond donors (Lipinski definition) is 3. The molecule has 3 N–H and O–H groups in total. The van der Waals surface area contributed by atoms with Crippen molar-refractivity contribution in [1.82, 2.24) is 20.2 Å². The number of aliphatic hydroxyl groups excluding tert-OH is 1. The number of fused-ring (bicyclic) bond motifs is 1. The molecule has 3 heterocycles. The van der Waals surface area contributed by atoms with Crippen molar-refractivity contribution in [2.45, 2.75) is 40.0 Å². The van der Waals surface area contributed by atoms with Gasteiger partial charge in [-0.2, -0.15) is 0 Å². The van der Waals surface area contributed by atoms with Crippen LogP contribution >= 0.6 is 11.3 Å². The predicted molar refractivity (Wildman–Crippen MR) is 114 cm³/mol. The van der Waals surface area contributed by atoms with Gasteiger partial charge >= 0.3 is 0 Å². The van der Waals surface area contributed by atoms with Gasteiger partial charge in [-0.1, -0.05) is 13.8 Å². The normalized spacial score (nSPS) is 14.6. The Hall–Kier alpha value is -2.26. The minimum atomic E-state index is -0.372. The third kappa shape index (κ3) is 5.02. The van der Waals surface area contributed by atoms with Crippen LogP contribution in [0.1, 0.15) is 48.3 Å². The van der Waals surface area contributed by atoms with E-state index in [0.717, 1.165) is 41.7 Å². The zero-order valence-electron chi connectivity index (χ0n) is 17.2. The Labute approximate surface area is 174 Å². The smallest absolute Gasteiger partial charge is 0.261 e. The number of nitrogens with one attached hydrogen (secondary N) is 2. The minimum Gasteiger partial charge on any atom is -0.396 e. The minimum absolute atomic E-state index is 0.00124. The Kier molecular flexibility index (Phi) is 6.69. The van der Waals surface area contributed by atoms with Crippen LogP contribution in [0.5, 0.6) is 0 Å². The number of carbonyl (C=O) groups is 2. The summed E-state index contributed by atoms with van der Waals surface area (Å²) in [5.74, 6) is 0.792. The van der Waals surface area contributed by atoms with E-state index in [1.807, 2.05) is 25.7 Å². The number of aliphatic hydroxyl groups is 1. The van der Waals surface area contributed by atoms with Crippen LogP contribution in [0.15, 0.2) is 6.33 Å². The zero-order valence-corrected chi connectivity index (χ0v) is 18.1. The number of anilines is 1. The van der Waals surface area contributed by atoms with Gasteiger partial charge in [0.1, 0.15) is 17.0 Å². The fourth-order valence-corrected chi connectivity index (χ4v) is 4.36. The van der Waals surface area contributed by atoms with Crippen molar-refractivity contribution in [2.24, 2.45) is 5.41 Å². The first kappa shape index (κ1) is 21.4. The van der Waals surface area contributed by atoms with Crippen molar-refractivity contribution < 1.29 is 14.7 Å². The molecule has 9 heteroatoms. The van der Waals surface area contributed by atoms with Gasteiger partial charge in [-0.3, -0.25) is 9.59 Å². The number of likely N-dealkylation sites (tertiary alicyclic amines) is 1. The lowest BCUT2D eigenvalue weighted by molar-refractivity contribution is -0.127. The number of nitrogens with zero attached hydrogens (tertiary/aromatic N) is 3. The molecule has 1 aliphatic rings. The van der Waals surface area contributed by atoms with E-state index in [0.29, 0.717) is 30.2 Å². The van der Waals surface area contributed by atoms with E-state index in [9.17, 15) is 14.7 Å². The summed E-state index contributed by atoms with van der Waals surface area (Å²) in [6.07, 6.45) is 3.95. The molecule has 1 saturated heterocycles. The number of aromatic nitrogens is 2. The Morgan fingerprint density at radius 1 is 1.38 bits per heavy atom. The van der Waals surface area contributed by atoms with E-state index < -0.39 is 0 Å². The highest BCUT2D eigenvalue weighted by Crippen LogP contribution is 2.33. The van der Waals surface area contributed by atoms with Gasteiger partial charge < -0.3 is 20.6 Å². The Morgan fingerprint density at radius 2 is 2.17 bits per heavy atom. The van der Waals surface area contributed by atoms with Gasteiger partial charge in [-0.25, -0.2) is 9.97 Å². The van der Waals surface area contributed by atoms with Crippen LogP contribution in [0.2, 0.25) is 0 Å². The fourth-order valence-electron chi connectivity index (χ4n) is 3.30. The molecular weight excluding hydrogens is 390 g/mol. The molecule has 8 nitrogen and oxygen atoms in total. The molecule has 0 aliphatic carbocycles. The number of amides is 2. The summed E-state index contributed by atoms with van der Waals surface area (Å²) >= 11 is 1.35. The van der Waals surface area contributed by atoms with Crippen LogP contribution in [0.3, 0.4) is 0 Å². The summed E-state index contributed by atoms with van der Waals surface area (Å²) in [6, 6.07) is 0. The topological polar surface area (TPSA) is 107 Å². The summed E-state index contributed by atoms with van der Waals surface area (Å²) in [6.45, 7) is 8.38. The summed E-state index contributed by atoms with van der Waals surface area (Å²) in [4.78, 5) is 36.3. The highest BCUT2D eigenvalue weighted by Gasteiger charge is 2.23. The van der Waals surface area contributed by atoms with Gasteiger partial charge in [0.25, 0.3) is 5.91 Å². The second-order valence-corrected chi connectivity index (χ2v) is 9.23. The Morgan fingerprint density at radius 3 is 2.86 bits per heavy atom. The van der Waals surface area contributed by atoms with Crippen LogP contribution in [-0.4, -0.2) is 64.6 Å². The van der Waals surface area contributed by atoms with E-state index in [4.69, 9.17) is 0 Å². The molecule has 2 aromatic rings. The van der Waals surface area contributed by atoms with E-state index in [-0.39, 0.29) is 23.8 Å². The molecule has 0 atom stereocenters. The molecule has 2 aromatic heterocycles. The van der Waals surface area contributed by atoms with E-state index in [1.54, 1.807) is 0 Å². The van der Waals surface area contributed by atoms with Crippen molar-refractivity contribution in [1.29, 1.82) is 0 Å². The van der Waals surface area contributed by atoms with E-state index >= 15 is 0 Å². The second kappa shape index (κ2) is 9.04. The SMILES string of the molecule is Cc1c(C(=O)NCC(C)(C)CO)sc2ncnc(NCCCN3CCCC3=O)c12. The maximum absolute atomic E-state index is 12.7. The molecular formula is C20H29N5O3S. The van der Waals surface area contributed by atoms with Gasteiger partial charge in [0, 0.05) is 44.6 Å². The highest BCUT2D eigenvalue weighted by molar-refractivity contribution is 7.20. The fraction of sp³-hybridized carbons (Fsp3) is 0.600. The zero-order chi connectivity index (χ0) is 21.0. The molecule has 3 rings (SSSR count). The standard InChI is InChI=1S/C20H29N5O3S/c1-13-15-17(21-7-5-9-25-8-4-6-14(25)27)23-12-24-19(15)29-16(13)18(28)22-10-20(2,3)11-26/h12,26H,4-11H2,1-3H3,(H,22,28)(H,21,23,24). The van der Waals surface area contributed by atoms with Crippen LogP contribution in [-0.2, 0) is 4.79 Å². The molecule has 158 valence electrons. The average Bonchev–Trinajstić information content (AvgIpc) is 3.27. The first-order valence-electron chi connectivity index (χ1n) is 9.97. The van der Waals surface area contributed by atoms with Crippen LogP contribution in [0, 0.1) is 12.3 Å². The van der Waals surface area contributed by atoms with Gasteiger partial charge in [-0.05, 0) is 25.3 Å². The molecule has 2 amide bonds. The molecule has 0 radical (unpaired) electrons. The summed E-state index contributed by atoms with van der Waals surface area (Å²) in [7, 11) is 0. The molecule has 0 spiro atoms. The lowest BCUT2D eigenvalue weighted by Crippen LogP contribution is -2.35. The molecule has 1 aliphatic heterocycles. The maximum Gasteiger partial charge on any atom is 0.261 e. The lowest BCUT2D eigenvalue weighted by Gasteiger charge is -2.21. The quantitative estimate of drug-likeness (QED) is 0.538. The number of aryl methyl sites for hydroxylation is 1.